The molecule has 2 heteroatoms. The average molecular weight is 299 g/mol. The number of fused-ring (bicyclic) bond motifs is 3. The van der Waals surface area contributed by atoms with Crippen molar-refractivity contribution in [2.24, 2.45) is 4.99 Å². The van der Waals surface area contributed by atoms with E-state index in [1.54, 1.807) is 0 Å². The summed E-state index contributed by atoms with van der Waals surface area (Å²) < 4.78 is 0. The Morgan fingerprint density at radius 2 is 1.36 bits per heavy atom. The molecule has 0 saturated carbocycles. The summed E-state index contributed by atoms with van der Waals surface area (Å²) in [4.78, 5) is 4.22. The van der Waals surface area contributed by atoms with Gasteiger partial charge in [0.25, 0.3) is 0 Å². The Labute approximate surface area is 135 Å². The molecular formula is C20H13NS. The van der Waals surface area contributed by atoms with Gasteiger partial charge in [-0.15, -0.1) is 0 Å². The summed E-state index contributed by atoms with van der Waals surface area (Å²) in [6.45, 7) is 0. The van der Waals surface area contributed by atoms with E-state index in [-0.39, 0.29) is 0 Å². The van der Waals surface area contributed by atoms with Crippen LogP contribution in [0.1, 0.15) is 11.1 Å². The van der Waals surface area contributed by atoms with Crippen molar-refractivity contribution in [2.75, 3.05) is 0 Å². The first kappa shape index (κ1) is 13.1. The lowest BCUT2D eigenvalue weighted by Gasteiger charge is -2.10. The number of isothiocyanates is 1. The first-order valence-electron chi connectivity index (χ1n) is 7.26. The van der Waals surface area contributed by atoms with Gasteiger partial charge in [0.2, 0.25) is 0 Å². The molecular weight excluding hydrogens is 286 g/mol. The zero-order valence-corrected chi connectivity index (χ0v) is 12.7. The van der Waals surface area contributed by atoms with Crippen LogP contribution >= 0.6 is 12.2 Å². The summed E-state index contributed by atoms with van der Waals surface area (Å²) in [6, 6.07) is 23.2. The monoisotopic (exact) mass is 299 g/mol. The topological polar surface area (TPSA) is 12.4 Å². The van der Waals surface area contributed by atoms with Crippen molar-refractivity contribution in [2.45, 2.75) is 6.42 Å². The van der Waals surface area contributed by atoms with Gasteiger partial charge in [0.05, 0.1) is 10.8 Å². The summed E-state index contributed by atoms with van der Waals surface area (Å²) in [5, 5.41) is 2.49. The second kappa shape index (κ2) is 5.34. The largest absolute Gasteiger partial charge is 0.194 e. The SMILES string of the molecule is S=C=Nc1ccccc1-c1cccc2c1Cc1ccccc1-2. The number of nitrogens with zero attached hydrogens (tertiary/aromatic N) is 1. The van der Waals surface area contributed by atoms with Crippen LogP contribution < -0.4 is 0 Å². The number of thiocarbonyl (C=S) groups is 1. The Balaban J connectivity index is 1.96. The lowest BCUT2D eigenvalue weighted by atomic mass is 9.95. The van der Waals surface area contributed by atoms with Gasteiger partial charge in [-0.2, -0.15) is 4.99 Å². The highest BCUT2D eigenvalue weighted by atomic mass is 32.1. The lowest BCUT2D eigenvalue weighted by molar-refractivity contribution is 1.26. The third kappa shape index (κ3) is 2.01. The Hall–Kier alpha value is -2.54. The molecule has 3 aromatic carbocycles. The minimum Gasteiger partial charge on any atom is -0.194 e. The molecule has 0 saturated heterocycles. The van der Waals surface area contributed by atoms with Crippen LogP contribution in [0.15, 0.2) is 71.7 Å². The number of para-hydroxylation sites is 1. The molecule has 0 fully saturated rings. The third-order valence-corrected chi connectivity index (χ3v) is 4.30. The first-order valence-corrected chi connectivity index (χ1v) is 7.67. The molecule has 4 rings (SSSR count). The second-order valence-electron chi connectivity index (χ2n) is 5.39. The van der Waals surface area contributed by atoms with Crippen molar-refractivity contribution >= 4 is 23.1 Å². The maximum absolute atomic E-state index is 4.78. The molecule has 0 amide bonds. The quantitative estimate of drug-likeness (QED) is 0.344. The minimum absolute atomic E-state index is 0.877. The van der Waals surface area contributed by atoms with E-state index in [0.29, 0.717) is 0 Å². The van der Waals surface area contributed by atoms with Crippen molar-refractivity contribution in [3.63, 3.8) is 0 Å². The van der Waals surface area contributed by atoms with Gasteiger partial charge in [-0.1, -0.05) is 60.7 Å². The van der Waals surface area contributed by atoms with Crippen LogP contribution in [0.2, 0.25) is 0 Å². The zero-order valence-electron chi connectivity index (χ0n) is 11.9. The highest BCUT2D eigenvalue weighted by Gasteiger charge is 2.21. The van der Waals surface area contributed by atoms with Gasteiger partial charge in [-0.25, -0.2) is 0 Å². The number of hydrogen-bond acceptors (Lipinski definition) is 2. The molecule has 104 valence electrons. The lowest BCUT2D eigenvalue weighted by Crippen LogP contribution is -1.88. The van der Waals surface area contributed by atoms with E-state index in [1.807, 2.05) is 18.2 Å². The summed E-state index contributed by atoms with van der Waals surface area (Å²) in [6.07, 6.45) is 0.970. The van der Waals surface area contributed by atoms with E-state index in [9.17, 15) is 0 Å². The van der Waals surface area contributed by atoms with E-state index in [2.05, 4.69) is 58.7 Å². The molecule has 0 unspecified atom stereocenters. The molecule has 1 aliphatic rings. The summed E-state index contributed by atoms with van der Waals surface area (Å²) in [7, 11) is 0. The van der Waals surface area contributed by atoms with E-state index in [0.717, 1.165) is 17.7 Å². The molecule has 0 spiro atoms. The normalized spacial score (nSPS) is 11.5. The molecule has 1 aliphatic carbocycles. The van der Waals surface area contributed by atoms with Crippen molar-refractivity contribution < 1.29 is 0 Å². The first-order chi connectivity index (χ1) is 10.9. The maximum atomic E-state index is 4.78. The predicted octanol–water partition coefficient (Wildman–Crippen LogP) is 5.66. The molecule has 0 heterocycles. The highest BCUT2D eigenvalue weighted by molar-refractivity contribution is 7.78. The fourth-order valence-electron chi connectivity index (χ4n) is 3.26. The van der Waals surface area contributed by atoms with Crippen molar-refractivity contribution in [3.8, 4) is 22.3 Å². The summed E-state index contributed by atoms with van der Waals surface area (Å²) in [5.41, 5.74) is 8.66. The Morgan fingerprint density at radius 1 is 0.727 bits per heavy atom. The average Bonchev–Trinajstić information content (AvgIpc) is 2.94. The smallest absolute Gasteiger partial charge is 0.0817 e. The van der Waals surface area contributed by atoms with Crippen LogP contribution in [0.3, 0.4) is 0 Å². The Kier molecular flexibility index (Phi) is 3.19. The van der Waals surface area contributed by atoms with Crippen LogP contribution in [0.4, 0.5) is 5.69 Å². The molecule has 22 heavy (non-hydrogen) atoms. The van der Waals surface area contributed by atoms with Gasteiger partial charge in [0.15, 0.2) is 0 Å². The molecule has 1 nitrogen and oxygen atoms in total. The van der Waals surface area contributed by atoms with E-state index in [4.69, 9.17) is 12.2 Å². The fraction of sp³-hybridized carbons (Fsp3) is 0.0500. The van der Waals surface area contributed by atoms with E-state index < -0.39 is 0 Å². The molecule has 3 aromatic rings. The predicted molar refractivity (Wildman–Crippen MR) is 94.8 cm³/mol. The molecule has 0 aliphatic heterocycles. The number of benzene rings is 3. The fourth-order valence-corrected chi connectivity index (χ4v) is 3.36. The Morgan fingerprint density at radius 3 is 2.18 bits per heavy atom. The van der Waals surface area contributed by atoms with Crippen LogP contribution in [-0.2, 0) is 6.42 Å². The van der Waals surface area contributed by atoms with Crippen molar-refractivity contribution in [1.29, 1.82) is 0 Å². The van der Waals surface area contributed by atoms with Gasteiger partial charge in [0, 0.05) is 5.56 Å². The van der Waals surface area contributed by atoms with Gasteiger partial charge >= 0.3 is 0 Å². The second-order valence-corrected chi connectivity index (χ2v) is 5.57. The number of aliphatic imine (C=N–C) groups is 1. The van der Waals surface area contributed by atoms with E-state index >= 15 is 0 Å². The standard InChI is InChI=1S/C20H13NS/c22-13-21-20-11-4-3-8-18(20)17-10-5-9-16-15-7-2-1-6-14(15)12-19(16)17/h1-11H,12H2. The molecule has 0 aromatic heterocycles. The van der Waals surface area contributed by atoms with Crippen molar-refractivity contribution in [3.05, 3.63) is 77.9 Å². The molecule has 0 atom stereocenters. The highest BCUT2D eigenvalue weighted by Crippen LogP contribution is 2.43. The molecule has 0 radical (unpaired) electrons. The van der Waals surface area contributed by atoms with Gasteiger partial charge in [-0.05, 0) is 52.5 Å². The van der Waals surface area contributed by atoms with Gasteiger partial charge in [-0.3, -0.25) is 0 Å². The van der Waals surface area contributed by atoms with E-state index in [1.165, 1.54) is 27.8 Å². The minimum atomic E-state index is 0.877. The van der Waals surface area contributed by atoms with Crippen LogP contribution in [0.5, 0.6) is 0 Å². The van der Waals surface area contributed by atoms with Gasteiger partial charge in [0.1, 0.15) is 0 Å². The number of rotatable bonds is 2. The number of hydrogen-bond donors (Lipinski definition) is 0. The molecule has 0 N–H and O–H groups in total. The van der Waals surface area contributed by atoms with Crippen molar-refractivity contribution in [1.82, 2.24) is 0 Å². The summed E-state index contributed by atoms with van der Waals surface area (Å²) >= 11 is 4.78. The van der Waals surface area contributed by atoms with Crippen LogP contribution in [0, 0.1) is 0 Å². The summed E-state index contributed by atoms with van der Waals surface area (Å²) in [5.74, 6) is 0. The zero-order chi connectivity index (χ0) is 14.9. The van der Waals surface area contributed by atoms with Crippen LogP contribution in [-0.4, -0.2) is 5.16 Å². The maximum Gasteiger partial charge on any atom is 0.0817 e. The third-order valence-electron chi connectivity index (χ3n) is 4.21. The van der Waals surface area contributed by atoms with Gasteiger partial charge < -0.3 is 0 Å². The van der Waals surface area contributed by atoms with Crippen LogP contribution in [0.25, 0.3) is 22.3 Å². The Bertz CT molecular complexity index is 920. The molecule has 0 bridgehead atoms.